The van der Waals surface area contributed by atoms with E-state index in [-0.39, 0.29) is 11.5 Å². The summed E-state index contributed by atoms with van der Waals surface area (Å²) < 4.78 is 0. The van der Waals surface area contributed by atoms with Gasteiger partial charge in [0.25, 0.3) is 0 Å². The zero-order valence-corrected chi connectivity index (χ0v) is 9.87. The maximum atomic E-state index is 5.67. The largest absolute Gasteiger partial charge is 0.306 e. The molecular weight excluding hydrogens is 194 g/mol. The first kappa shape index (κ1) is 11.2. The lowest BCUT2D eigenvalue weighted by Crippen LogP contribution is -2.44. The highest BCUT2D eigenvalue weighted by Gasteiger charge is 2.41. The fraction of sp³-hybridized carbons (Fsp3) is 0.467. The van der Waals surface area contributed by atoms with Crippen molar-refractivity contribution in [1.29, 1.82) is 0 Å². The van der Waals surface area contributed by atoms with E-state index in [2.05, 4.69) is 41.6 Å². The van der Waals surface area contributed by atoms with Crippen LogP contribution in [-0.4, -0.2) is 13.1 Å². The van der Waals surface area contributed by atoms with Crippen LogP contribution in [0.1, 0.15) is 31.2 Å². The van der Waals surface area contributed by atoms with Crippen LogP contribution in [0.4, 0.5) is 0 Å². The van der Waals surface area contributed by atoms with Gasteiger partial charge in [-0.05, 0) is 25.5 Å². The van der Waals surface area contributed by atoms with Crippen LogP contribution in [-0.2, 0) is 5.41 Å². The Morgan fingerprint density at radius 1 is 1.25 bits per heavy atom. The summed E-state index contributed by atoms with van der Waals surface area (Å²) >= 11 is 0. The zero-order valence-electron chi connectivity index (χ0n) is 9.87. The van der Waals surface area contributed by atoms with Crippen LogP contribution >= 0.6 is 0 Å². The van der Waals surface area contributed by atoms with Gasteiger partial charge in [-0.2, -0.15) is 0 Å². The molecule has 0 amide bonds. The highest BCUT2D eigenvalue weighted by Crippen LogP contribution is 2.43. The standard InChI is InChI=1S/C15H19N/c1-3-14(16-2)15(11-7-8-12-15)13-9-5-4-6-10-13/h1,4-6,9-10,14,16H,7-8,11-12H2,2H3. The van der Waals surface area contributed by atoms with Crippen LogP contribution in [0.2, 0.25) is 0 Å². The van der Waals surface area contributed by atoms with Crippen LogP contribution in [0, 0.1) is 12.3 Å². The van der Waals surface area contributed by atoms with Gasteiger partial charge in [-0.25, -0.2) is 0 Å². The van der Waals surface area contributed by atoms with Crippen LogP contribution < -0.4 is 5.32 Å². The van der Waals surface area contributed by atoms with Crippen molar-refractivity contribution in [2.24, 2.45) is 0 Å². The van der Waals surface area contributed by atoms with Gasteiger partial charge in [0.15, 0.2) is 0 Å². The predicted molar refractivity (Wildman–Crippen MR) is 68.3 cm³/mol. The number of likely N-dealkylation sites (N-methyl/N-ethyl adjacent to an activating group) is 1. The first-order chi connectivity index (χ1) is 7.83. The van der Waals surface area contributed by atoms with Gasteiger partial charge in [0, 0.05) is 5.41 Å². The van der Waals surface area contributed by atoms with E-state index in [0.29, 0.717) is 0 Å². The lowest BCUT2D eigenvalue weighted by Gasteiger charge is -2.35. The highest BCUT2D eigenvalue weighted by atomic mass is 14.9. The predicted octanol–water partition coefficient (Wildman–Crippen LogP) is 2.72. The van der Waals surface area contributed by atoms with Crippen molar-refractivity contribution < 1.29 is 0 Å². The molecule has 1 N–H and O–H groups in total. The molecule has 1 atom stereocenters. The first-order valence-electron chi connectivity index (χ1n) is 6.02. The normalized spacial score (nSPS) is 20.2. The first-order valence-corrected chi connectivity index (χ1v) is 6.02. The Morgan fingerprint density at radius 2 is 1.88 bits per heavy atom. The summed E-state index contributed by atoms with van der Waals surface area (Å²) in [5.41, 5.74) is 1.55. The van der Waals surface area contributed by atoms with E-state index in [9.17, 15) is 0 Å². The number of hydrogen-bond donors (Lipinski definition) is 1. The van der Waals surface area contributed by atoms with E-state index < -0.39 is 0 Å². The maximum absolute atomic E-state index is 5.67. The molecule has 1 nitrogen and oxygen atoms in total. The molecule has 1 aromatic rings. The van der Waals surface area contributed by atoms with Crippen molar-refractivity contribution in [1.82, 2.24) is 5.32 Å². The molecule has 1 heteroatoms. The minimum atomic E-state index is 0.150. The second kappa shape index (κ2) is 4.72. The van der Waals surface area contributed by atoms with E-state index in [1.54, 1.807) is 0 Å². The fourth-order valence-electron chi connectivity index (χ4n) is 3.04. The summed E-state index contributed by atoms with van der Waals surface area (Å²) in [6.07, 6.45) is 10.6. The lowest BCUT2D eigenvalue weighted by molar-refractivity contribution is 0.365. The Hall–Kier alpha value is -1.26. The summed E-state index contributed by atoms with van der Waals surface area (Å²) in [6, 6.07) is 10.9. The molecule has 1 aliphatic rings. The van der Waals surface area contributed by atoms with Gasteiger partial charge in [0.2, 0.25) is 0 Å². The monoisotopic (exact) mass is 213 g/mol. The smallest absolute Gasteiger partial charge is 0.0782 e. The third-order valence-corrected chi connectivity index (χ3v) is 3.85. The average molecular weight is 213 g/mol. The Labute approximate surface area is 98.3 Å². The van der Waals surface area contributed by atoms with Gasteiger partial charge in [-0.3, -0.25) is 0 Å². The Kier molecular flexibility index (Phi) is 3.31. The van der Waals surface area contributed by atoms with Crippen molar-refractivity contribution in [3.63, 3.8) is 0 Å². The molecule has 0 spiro atoms. The number of benzene rings is 1. The molecular formula is C15H19N. The van der Waals surface area contributed by atoms with Gasteiger partial charge >= 0.3 is 0 Å². The van der Waals surface area contributed by atoms with Gasteiger partial charge in [0.1, 0.15) is 0 Å². The molecule has 1 saturated carbocycles. The summed E-state index contributed by atoms with van der Waals surface area (Å²) in [5, 5.41) is 3.30. The van der Waals surface area contributed by atoms with Crippen LogP contribution in [0.15, 0.2) is 30.3 Å². The number of terminal acetylenes is 1. The van der Waals surface area contributed by atoms with Crippen molar-refractivity contribution in [3.05, 3.63) is 35.9 Å². The lowest BCUT2D eigenvalue weighted by atomic mass is 9.73. The molecule has 0 heterocycles. The molecule has 1 fully saturated rings. The number of nitrogens with one attached hydrogen (secondary N) is 1. The van der Waals surface area contributed by atoms with E-state index in [1.165, 1.54) is 31.2 Å². The molecule has 1 aliphatic carbocycles. The molecule has 2 rings (SSSR count). The van der Waals surface area contributed by atoms with Gasteiger partial charge in [0.05, 0.1) is 6.04 Å². The topological polar surface area (TPSA) is 12.0 Å². The van der Waals surface area contributed by atoms with Crippen LogP contribution in [0.3, 0.4) is 0 Å². The molecule has 0 aliphatic heterocycles. The van der Waals surface area contributed by atoms with Crippen molar-refractivity contribution >= 4 is 0 Å². The van der Waals surface area contributed by atoms with Crippen molar-refractivity contribution in [2.45, 2.75) is 37.1 Å². The third kappa shape index (κ3) is 1.74. The molecule has 0 aromatic heterocycles. The molecule has 16 heavy (non-hydrogen) atoms. The highest BCUT2D eigenvalue weighted by molar-refractivity contribution is 5.32. The summed E-state index contributed by atoms with van der Waals surface area (Å²) in [5.74, 6) is 2.92. The van der Waals surface area contributed by atoms with E-state index in [4.69, 9.17) is 6.42 Å². The van der Waals surface area contributed by atoms with Crippen molar-refractivity contribution in [3.8, 4) is 12.3 Å². The molecule has 1 unspecified atom stereocenters. The van der Waals surface area contributed by atoms with Crippen LogP contribution in [0.25, 0.3) is 0 Å². The SMILES string of the molecule is C#CC(NC)C1(c2ccccc2)CCCC1. The fourth-order valence-corrected chi connectivity index (χ4v) is 3.04. The Morgan fingerprint density at radius 3 is 2.38 bits per heavy atom. The molecule has 0 saturated heterocycles. The van der Waals surface area contributed by atoms with Crippen molar-refractivity contribution in [2.75, 3.05) is 7.05 Å². The summed E-state index contributed by atoms with van der Waals surface area (Å²) in [6.45, 7) is 0. The molecule has 0 bridgehead atoms. The Bertz CT molecular complexity index is 368. The van der Waals surface area contributed by atoms with Gasteiger partial charge < -0.3 is 5.32 Å². The van der Waals surface area contributed by atoms with E-state index in [0.717, 1.165) is 0 Å². The second-order valence-electron chi connectivity index (χ2n) is 4.62. The van der Waals surface area contributed by atoms with Gasteiger partial charge in [-0.15, -0.1) is 6.42 Å². The zero-order chi connectivity index (χ0) is 11.4. The molecule has 84 valence electrons. The molecule has 1 aromatic carbocycles. The summed E-state index contributed by atoms with van der Waals surface area (Å²) in [4.78, 5) is 0. The second-order valence-corrected chi connectivity index (χ2v) is 4.62. The number of rotatable bonds is 3. The molecule has 0 radical (unpaired) electrons. The number of hydrogen-bond acceptors (Lipinski definition) is 1. The van der Waals surface area contributed by atoms with E-state index in [1.807, 2.05) is 7.05 Å². The maximum Gasteiger partial charge on any atom is 0.0782 e. The Balaban J connectivity index is 2.40. The van der Waals surface area contributed by atoms with Crippen LogP contribution in [0.5, 0.6) is 0 Å². The quantitative estimate of drug-likeness (QED) is 0.761. The minimum absolute atomic E-state index is 0.150. The van der Waals surface area contributed by atoms with Gasteiger partial charge in [-0.1, -0.05) is 49.1 Å². The van der Waals surface area contributed by atoms with E-state index >= 15 is 0 Å². The third-order valence-electron chi connectivity index (χ3n) is 3.85. The summed E-state index contributed by atoms with van der Waals surface area (Å²) in [7, 11) is 1.97. The average Bonchev–Trinajstić information content (AvgIpc) is 2.82. The minimum Gasteiger partial charge on any atom is -0.306 e.